The Morgan fingerprint density at radius 3 is 2.88 bits per heavy atom. The van der Waals surface area contributed by atoms with Crippen LogP contribution in [0.1, 0.15) is 17.8 Å². The predicted molar refractivity (Wildman–Crippen MR) is 104 cm³/mol. The Bertz CT molecular complexity index is 682. The van der Waals surface area contributed by atoms with Gasteiger partial charge in [-0.25, -0.2) is 4.98 Å². The van der Waals surface area contributed by atoms with Crippen molar-refractivity contribution in [3.63, 3.8) is 0 Å². The van der Waals surface area contributed by atoms with E-state index in [0.717, 1.165) is 47.9 Å². The lowest BCUT2D eigenvalue weighted by atomic mass is 10.2. The molecule has 5 nitrogen and oxygen atoms in total. The average Bonchev–Trinajstić information content (AvgIpc) is 3.35. The first-order valence-electron chi connectivity index (χ1n) is 8.75. The first-order valence-corrected chi connectivity index (χ1v) is 9.63. The highest BCUT2D eigenvalue weighted by atomic mass is 32.1. The van der Waals surface area contributed by atoms with Gasteiger partial charge in [0.2, 0.25) is 0 Å². The van der Waals surface area contributed by atoms with Crippen LogP contribution in [0.25, 0.3) is 11.3 Å². The molecule has 1 N–H and O–H groups in total. The average molecular weight is 359 g/mol. The maximum atomic E-state index is 5.70. The van der Waals surface area contributed by atoms with Gasteiger partial charge in [0.15, 0.2) is 5.96 Å². The van der Waals surface area contributed by atoms with Crippen LogP contribution in [0.2, 0.25) is 0 Å². The molecule has 0 amide bonds. The number of guanidine groups is 1. The van der Waals surface area contributed by atoms with E-state index in [1.807, 2.05) is 25.2 Å². The summed E-state index contributed by atoms with van der Waals surface area (Å²) in [6.07, 6.45) is 2.66. The van der Waals surface area contributed by atoms with Crippen LogP contribution in [0.4, 0.5) is 0 Å². The number of ether oxygens (including phenoxy) is 1. The van der Waals surface area contributed by atoms with Crippen LogP contribution in [-0.4, -0.2) is 49.7 Å². The Balaban J connectivity index is 1.45. The van der Waals surface area contributed by atoms with E-state index in [1.165, 1.54) is 12.8 Å². The Hall–Kier alpha value is -1.92. The summed E-state index contributed by atoms with van der Waals surface area (Å²) in [5.41, 5.74) is 2.18. The van der Waals surface area contributed by atoms with Gasteiger partial charge in [-0.05, 0) is 18.8 Å². The molecule has 6 heteroatoms. The summed E-state index contributed by atoms with van der Waals surface area (Å²) in [6.45, 7) is 3.15. The minimum Gasteiger partial charge on any atom is -0.379 e. The lowest BCUT2D eigenvalue weighted by Crippen LogP contribution is -2.40. The summed E-state index contributed by atoms with van der Waals surface area (Å²) in [5.74, 6) is 1.68. The molecule has 1 aromatic carbocycles. The lowest BCUT2D eigenvalue weighted by Gasteiger charge is -2.21. The van der Waals surface area contributed by atoms with Crippen molar-refractivity contribution < 1.29 is 4.74 Å². The molecule has 25 heavy (non-hydrogen) atoms. The van der Waals surface area contributed by atoms with Crippen molar-refractivity contribution in [1.29, 1.82) is 0 Å². The van der Waals surface area contributed by atoms with Gasteiger partial charge in [-0.15, -0.1) is 11.3 Å². The van der Waals surface area contributed by atoms with E-state index in [2.05, 4.69) is 32.7 Å². The molecule has 134 valence electrons. The number of thiazole rings is 1. The van der Waals surface area contributed by atoms with Crippen LogP contribution in [0.15, 0.2) is 40.7 Å². The van der Waals surface area contributed by atoms with Crippen LogP contribution in [-0.2, 0) is 11.3 Å². The van der Waals surface area contributed by atoms with E-state index in [4.69, 9.17) is 9.72 Å². The minimum absolute atomic E-state index is 0.678. The third kappa shape index (κ3) is 5.54. The summed E-state index contributed by atoms with van der Waals surface area (Å²) in [7, 11) is 3.84. The molecule has 0 atom stereocenters. The molecule has 0 aliphatic heterocycles. The van der Waals surface area contributed by atoms with Crippen molar-refractivity contribution in [2.45, 2.75) is 19.4 Å². The van der Waals surface area contributed by atoms with Gasteiger partial charge in [0.1, 0.15) is 5.01 Å². The highest BCUT2D eigenvalue weighted by Gasteiger charge is 2.21. The number of hydrogen-bond acceptors (Lipinski definition) is 4. The quantitative estimate of drug-likeness (QED) is 0.447. The number of aromatic nitrogens is 1. The molecular formula is C19H26N4OS. The Kier molecular flexibility index (Phi) is 6.42. The second-order valence-corrected chi connectivity index (χ2v) is 7.28. The zero-order valence-electron chi connectivity index (χ0n) is 14.9. The fourth-order valence-corrected chi connectivity index (χ4v) is 3.26. The smallest absolute Gasteiger partial charge is 0.193 e. The molecule has 1 aliphatic rings. The summed E-state index contributed by atoms with van der Waals surface area (Å²) in [6, 6.07) is 10.3. The number of benzene rings is 1. The van der Waals surface area contributed by atoms with Gasteiger partial charge in [0, 0.05) is 38.2 Å². The second-order valence-electron chi connectivity index (χ2n) is 6.33. The van der Waals surface area contributed by atoms with Gasteiger partial charge >= 0.3 is 0 Å². The molecule has 0 bridgehead atoms. The first kappa shape index (κ1) is 17.9. The van der Waals surface area contributed by atoms with E-state index in [0.29, 0.717) is 6.54 Å². The Morgan fingerprint density at radius 1 is 1.36 bits per heavy atom. The molecule has 0 spiro atoms. The van der Waals surface area contributed by atoms with Crippen LogP contribution in [0, 0.1) is 5.92 Å². The third-order valence-corrected chi connectivity index (χ3v) is 5.06. The molecule has 1 aromatic heterocycles. The van der Waals surface area contributed by atoms with Crippen LogP contribution in [0.5, 0.6) is 0 Å². The van der Waals surface area contributed by atoms with Crippen molar-refractivity contribution in [3.05, 3.63) is 40.7 Å². The topological polar surface area (TPSA) is 49.8 Å². The van der Waals surface area contributed by atoms with E-state index in [-0.39, 0.29) is 0 Å². The zero-order chi connectivity index (χ0) is 17.5. The minimum atomic E-state index is 0.678. The van der Waals surface area contributed by atoms with Crippen LogP contribution >= 0.6 is 11.3 Å². The van der Waals surface area contributed by atoms with Crippen LogP contribution in [0.3, 0.4) is 0 Å². The van der Waals surface area contributed by atoms with Gasteiger partial charge in [0.25, 0.3) is 0 Å². The number of rotatable bonds is 8. The molecule has 3 rings (SSSR count). The van der Waals surface area contributed by atoms with Crippen molar-refractivity contribution in [2.24, 2.45) is 10.9 Å². The second kappa shape index (κ2) is 8.97. The number of hydrogen-bond donors (Lipinski definition) is 1. The first-order chi connectivity index (χ1) is 12.3. The van der Waals surface area contributed by atoms with Crippen molar-refractivity contribution in [3.8, 4) is 11.3 Å². The molecule has 1 aliphatic carbocycles. The van der Waals surface area contributed by atoms with E-state index in [1.54, 1.807) is 18.4 Å². The fourth-order valence-electron chi connectivity index (χ4n) is 2.51. The number of likely N-dealkylation sites (N-methyl/N-ethyl adjacent to an activating group) is 1. The molecule has 1 heterocycles. The molecule has 0 radical (unpaired) electrons. The largest absolute Gasteiger partial charge is 0.379 e. The number of nitrogens with zero attached hydrogens (tertiary/aromatic N) is 3. The van der Waals surface area contributed by atoms with Crippen molar-refractivity contribution in [1.82, 2.24) is 15.2 Å². The van der Waals surface area contributed by atoms with E-state index in [9.17, 15) is 0 Å². The van der Waals surface area contributed by atoms with Crippen LogP contribution < -0.4 is 5.32 Å². The third-order valence-electron chi connectivity index (χ3n) is 4.21. The standard InChI is InChI=1S/C19H26N4OS/c1-20-19(23(2)10-11-24-13-15-8-9-15)21-12-18-22-17(14-25-18)16-6-4-3-5-7-16/h3-7,14-15H,8-13H2,1-2H3,(H,20,21). The summed E-state index contributed by atoms with van der Waals surface area (Å²) in [4.78, 5) is 11.1. The van der Waals surface area contributed by atoms with Gasteiger partial charge in [-0.2, -0.15) is 0 Å². The van der Waals surface area contributed by atoms with Gasteiger partial charge < -0.3 is 15.0 Å². The highest BCUT2D eigenvalue weighted by molar-refractivity contribution is 7.09. The molecule has 1 saturated carbocycles. The van der Waals surface area contributed by atoms with Crippen molar-refractivity contribution in [2.75, 3.05) is 33.9 Å². The molecule has 0 saturated heterocycles. The maximum Gasteiger partial charge on any atom is 0.193 e. The normalized spacial score (nSPS) is 14.6. The lowest BCUT2D eigenvalue weighted by molar-refractivity contribution is 0.115. The highest BCUT2D eigenvalue weighted by Crippen LogP contribution is 2.28. The zero-order valence-corrected chi connectivity index (χ0v) is 15.8. The SMILES string of the molecule is CN=C(NCc1nc(-c2ccccc2)cs1)N(C)CCOCC1CC1. The van der Waals surface area contributed by atoms with Gasteiger partial charge in [-0.3, -0.25) is 4.99 Å². The van der Waals surface area contributed by atoms with Gasteiger partial charge in [-0.1, -0.05) is 30.3 Å². The Labute approximate surface area is 153 Å². The number of aliphatic imine (C=N–C) groups is 1. The van der Waals surface area contributed by atoms with E-state index >= 15 is 0 Å². The maximum absolute atomic E-state index is 5.70. The monoisotopic (exact) mass is 358 g/mol. The van der Waals surface area contributed by atoms with Gasteiger partial charge in [0.05, 0.1) is 18.8 Å². The molecule has 1 fully saturated rings. The summed E-state index contributed by atoms with van der Waals surface area (Å²) < 4.78 is 5.70. The molecular weight excluding hydrogens is 332 g/mol. The van der Waals surface area contributed by atoms with E-state index < -0.39 is 0 Å². The summed E-state index contributed by atoms with van der Waals surface area (Å²) >= 11 is 1.67. The van der Waals surface area contributed by atoms with Crippen molar-refractivity contribution >= 4 is 17.3 Å². The molecule has 2 aromatic rings. The predicted octanol–water partition coefficient (Wildman–Crippen LogP) is 3.24. The Morgan fingerprint density at radius 2 is 2.16 bits per heavy atom. The number of nitrogens with one attached hydrogen (secondary N) is 1. The summed E-state index contributed by atoms with van der Waals surface area (Å²) in [5, 5.41) is 6.54. The fraction of sp³-hybridized carbons (Fsp3) is 0.474. The molecule has 0 unspecified atom stereocenters.